The molecule has 1 saturated heterocycles. The molecule has 2 heterocycles. The molecule has 0 spiro atoms. The van der Waals surface area contributed by atoms with Gasteiger partial charge in [0.05, 0.1) is 18.6 Å². The van der Waals surface area contributed by atoms with Crippen LogP contribution in [0.15, 0.2) is 24.3 Å². The van der Waals surface area contributed by atoms with E-state index in [9.17, 15) is 33.6 Å². The summed E-state index contributed by atoms with van der Waals surface area (Å²) >= 11 is 0. The summed E-state index contributed by atoms with van der Waals surface area (Å²) in [6, 6.07) is 3.08. The molecule has 14 heteroatoms. The Morgan fingerprint density at radius 1 is 0.889 bits per heavy atom. The number of hydrogen-bond donors (Lipinski definition) is 4. The van der Waals surface area contributed by atoms with E-state index >= 15 is 0 Å². The molecule has 0 radical (unpaired) electrons. The molecule has 3 aliphatic carbocycles. The minimum Gasteiger partial charge on any atom is -0.444 e. The lowest BCUT2D eigenvalue weighted by molar-refractivity contribution is -0.144. The van der Waals surface area contributed by atoms with Crippen molar-refractivity contribution in [3.63, 3.8) is 0 Å². The highest BCUT2D eigenvalue weighted by Crippen LogP contribution is 2.35. The molecule has 0 aromatic heterocycles. The number of ether oxygens (including phenoxy) is 1. The van der Waals surface area contributed by atoms with Crippen LogP contribution in [0.4, 0.5) is 9.59 Å². The number of urea groups is 1. The topological polar surface area (TPSA) is 183 Å². The Morgan fingerprint density at radius 2 is 1.57 bits per heavy atom. The Morgan fingerprint density at radius 3 is 2.19 bits per heavy atom. The standard InChI is InChI=1S/C40H56N6O8/c1-22(2)31(32(47)25-12-13-25)43-38(52)44-34(40(3,4)5)37(51)46-21-28(54-39(53)45-17-16-24-8-6-7-9-26(24)20-45)19-30(46)35(49)42-29(18-23-10-11-23)33(48)36(50)41-27-14-15-27/h6-9,22-23,25,27-31,34H,10-21H2,1-5H3,(H,41,50)(H,42,49)(H2,43,44,52)/t28?,29-,30+,31+,34-/m1/s1. The van der Waals surface area contributed by atoms with Gasteiger partial charge in [-0.25, -0.2) is 9.59 Å². The highest BCUT2D eigenvalue weighted by molar-refractivity contribution is 6.38. The molecule has 4 fully saturated rings. The zero-order valence-electron chi connectivity index (χ0n) is 32.2. The molecule has 14 nitrogen and oxygen atoms in total. The number of nitrogens with zero attached hydrogens (tertiary/aromatic N) is 2. The third-order valence-electron chi connectivity index (χ3n) is 11.2. The van der Waals surface area contributed by atoms with E-state index < -0.39 is 71.3 Å². The molecule has 294 valence electrons. The van der Waals surface area contributed by atoms with Crippen LogP contribution in [0.1, 0.15) is 97.1 Å². The molecule has 1 unspecified atom stereocenters. The van der Waals surface area contributed by atoms with Crippen molar-refractivity contribution in [2.45, 2.75) is 135 Å². The Labute approximate surface area is 317 Å². The Balaban J connectivity index is 1.20. The van der Waals surface area contributed by atoms with Crippen LogP contribution in [-0.4, -0.2) is 101 Å². The molecule has 6 rings (SSSR count). The average Bonchev–Trinajstić information content (AvgIpc) is 4.00. The highest BCUT2D eigenvalue weighted by Gasteiger charge is 2.48. The third kappa shape index (κ3) is 9.78. The fourth-order valence-electron chi connectivity index (χ4n) is 7.39. The van der Waals surface area contributed by atoms with Gasteiger partial charge in [0.25, 0.3) is 5.91 Å². The van der Waals surface area contributed by atoms with Gasteiger partial charge in [0.2, 0.25) is 17.6 Å². The maximum Gasteiger partial charge on any atom is 0.410 e. The number of ketones is 2. The summed E-state index contributed by atoms with van der Waals surface area (Å²) in [7, 11) is 0. The van der Waals surface area contributed by atoms with E-state index in [0.717, 1.165) is 44.1 Å². The first-order valence-corrected chi connectivity index (χ1v) is 19.7. The van der Waals surface area contributed by atoms with E-state index in [1.54, 1.807) is 25.7 Å². The fourth-order valence-corrected chi connectivity index (χ4v) is 7.39. The van der Waals surface area contributed by atoms with Crippen LogP contribution in [0.3, 0.4) is 0 Å². The summed E-state index contributed by atoms with van der Waals surface area (Å²) in [5.41, 5.74) is 1.34. The molecule has 4 N–H and O–H groups in total. The summed E-state index contributed by atoms with van der Waals surface area (Å²) in [6.45, 7) is 9.75. The van der Waals surface area contributed by atoms with E-state index in [0.29, 0.717) is 25.9 Å². The van der Waals surface area contributed by atoms with Crippen LogP contribution >= 0.6 is 0 Å². The predicted octanol–water partition coefficient (Wildman–Crippen LogP) is 3.00. The first-order chi connectivity index (χ1) is 25.6. The molecule has 2 aliphatic heterocycles. The number of carbonyl (C=O) groups is 7. The van der Waals surface area contributed by atoms with Crippen molar-refractivity contribution in [2.75, 3.05) is 13.1 Å². The van der Waals surface area contributed by atoms with Crippen molar-refractivity contribution >= 4 is 41.4 Å². The van der Waals surface area contributed by atoms with Crippen molar-refractivity contribution in [3.8, 4) is 0 Å². The average molecular weight is 749 g/mol. The number of Topliss-reactive ketones (excluding diaryl/α,β-unsaturated/α-hetero) is 2. The number of rotatable bonds is 14. The van der Waals surface area contributed by atoms with Crippen LogP contribution in [0.5, 0.6) is 0 Å². The van der Waals surface area contributed by atoms with Crippen LogP contribution in [-0.2, 0) is 41.7 Å². The third-order valence-corrected chi connectivity index (χ3v) is 11.2. The number of likely N-dealkylation sites (tertiary alicyclic amines) is 1. The maximum atomic E-state index is 14.6. The molecule has 1 aromatic carbocycles. The molecular formula is C40H56N6O8. The number of hydrogen-bond acceptors (Lipinski definition) is 8. The molecule has 1 aromatic rings. The zero-order valence-corrected chi connectivity index (χ0v) is 32.2. The van der Waals surface area contributed by atoms with Crippen molar-refractivity contribution in [1.82, 2.24) is 31.1 Å². The quantitative estimate of drug-likeness (QED) is 0.210. The monoisotopic (exact) mass is 748 g/mol. The Kier molecular flexibility index (Phi) is 11.7. The number of amides is 6. The largest absolute Gasteiger partial charge is 0.444 e. The van der Waals surface area contributed by atoms with Gasteiger partial charge >= 0.3 is 12.1 Å². The lowest BCUT2D eigenvalue weighted by Crippen LogP contribution is -2.61. The van der Waals surface area contributed by atoms with Crippen LogP contribution in [0.25, 0.3) is 0 Å². The second kappa shape index (κ2) is 16.1. The summed E-state index contributed by atoms with van der Waals surface area (Å²) in [5.74, 6) is -2.74. The van der Waals surface area contributed by atoms with E-state index in [1.165, 1.54) is 10.5 Å². The second-order valence-electron chi connectivity index (χ2n) is 17.4. The number of nitrogens with one attached hydrogen (secondary N) is 4. The van der Waals surface area contributed by atoms with Gasteiger partial charge in [-0.3, -0.25) is 24.0 Å². The number of carbonyl (C=O) groups excluding carboxylic acids is 7. The fraction of sp³-hybridized carbons (Fsp3) is 0.675. The molecule has 0 bridgehead atoms. The molecule has 5 atom stereocenters. The molecule has 5 aliphatic rings. The SMILES string of the molecule is CC(C)[C@H](NC(=O)N[C@H](C(=O)N1CC(OC(=O)N2CCc3ccccc3C2)C[C@H]1C(=O)N[C@H](CC1CC1)C(=O)C(=O)NC1CC1)C(C)(C)C)C(=O)C1CC1. The first-order valence-electron chi connectivity index (χ1n) is 19.7. The van der Waals surface area contributed by atoms with E-state index in [-0.39, 0.29) is 42.5 Å². The minimum atomic E-state index is -1.16. The number of fused-ring (bicyclic) bond motifs is 1. The number of benzene rings is 1. The smallest absolute Gasteiger partial charge is 0.410 e. The summed E-state index contributed by atoms with van der Waals surface area (Å²) in [4.78, 5) is 97.8. The Hall–Kier alpha value is -4.49. The summed E-state index contributed by atoms with van der Waals surface area (Å²) < 4.78 is 5.97. The van der Waals surface area contributed by atoms with Crippen molar-refractivity contribution < 1.29 is 38.3 Å². The molecule has 3 saturated carbocycles. The van der Waals surface area contributed by atoms with Gasteiger partial charge < -0.3 is 35.8 Å². The van der Waals surface area contributed by atoms with Crippen molar-refractivity contribution in [3.05, 3.63) is 35.4 Å². The van der Waals surface area contributed by atoms with Crippen molar-refractivity contribution in [2.24, 2.45) is 23.2 Å². The lowest BCUT2D eigenvalue weighted by Gasteiger charge is -2.36. The van der Waals surface area contributed by atoms with Gasteiger partial charge in [0.15, 0.2) is 5.78 Å². The van der Waals surface area contributed by atoms with Gasteiger partial charge in [0.1, 0.15) is 18.2 Å². The molecule has 54 heavy (non-hydrogen) atoms. The lowest BCUT2D eigenvalue weighted by atomic mass is 9.85. The van der Waals surface area contributed by atoms with Crippen LogP contribution in [0.2, 0.25) is 0 Å². The predicted molar refractivity (Wildman–Crippen MR) is 198 cm³/mol. The molecular weight excluding hydrogens is 692 g/mol. The van der Waals surface area contributed by atoms with Crippen LogP contribution < -0.4 is 21.3 Å². The van der Waals surface area contributed by atoms with E-state index in [4.69, 9.17) is 4.74 Å². The van der Waals surface area contributed by atoms with Gasteiger partial charge in [-0.05, 0) is 66.9 Å². The normalized spacial score (nSPS) is 22.7. The van der Waals surface area contributed by atoms with Crippen LogP contribution in [0, 0.1) is 23.2 Å². The van der Waals surface area contributed by atoms with Crippen molar-refractivity contribution in [1.29, 1.82) is 0 Å². The summed E-state index contributed by atoms with van der Waals surface area (Å²) in [6.07, 6.45) is 4.49. The zero-order chi connectivity index (χ0) is 38.9. The van der Waals surface area contributed by atoms with Gasteiger partial charge in [-0.2, -0.15) is 0 Å². The maximum absolute atomic E-state index is 14.6. The Bertz CT molecular complexity index is 1640. The highest BCUT2D eigenvalue weighted by atomic mass is 16.6. The van der Waals surface area contributed by atoms with Gasteiger partial charge in [-0.1, -0.05) is 71.7 Å². The van der Waals surface area contributed by atoms with E-state index in [2.05, 4.69) is 21.3 Å². The second-order valence-corrected chi connectivity index (χ2v) is 17.4. The first kappa shape index (κ1) is 39.2. The van der Waals surface area contributed by atoms with E-state index in [1.807, 2.05) is 38.1 Å². The molecule has 6 amide bonds. The van der Waals surface area contributed by atoms with Gasteiger partial charge in [0, 0.05) is 31.5 Å². The minimum absolute atomic E-state index is 0.0296. The summed E-state index contributed by atoms with van der Waals surface area (Å²) in [5, 5.41) is 11.1. The van der Waals surface area contributed by atoms with Gasteiger partial charge in [-0.15, -0.1) is 0 Å².